The summed E-state index contributed by atoms with van der Waals surface area (Å²) < 4.78 is 11.2. The molecule has 0 saturated carbocycles. The fourth-order valence-corrected chi connectivity index (χ4v) is 2.80. The van der Waals surface area contributed by atoms with Crippen molar-refractivity contribution < 1.29 is 9.31 Å². The van der Waals surface area contributed by atoms with Gasteiger partial charge in [0.2, 0.25) is 0 Å². The van der Waals surface area contributed by atoms with Crippen molar-refractivity contribution >= 4 is 19.8 Å². The van der Waals surface area contributed by atoms with Crippen molar-refractivity contribution in [3.05, 3.63) is 82.3 Å². The number of hydrogen-bond acceptors (Lipinski definition) is 2. The minimum Gasteiger partial charge on any atom is -0.529 e. The molecule has 1 radical (unpaired) electrons. The molecular formula is C18H14BO2. The smallest absolute Gasteiger partial charge is 0.529 e. The largest absolute Gasteiger partial charge is 0.657 e. The average Bonchev–Trinajstić information content (AvgIpc) is 3.09. The summed E-state index contributed by atoms with van der Waals surface area (Å²) in [6.45, 7) is 0. The van der Waals surface area contributed by atoms with Crippen LogP contribution < -0.4 is 0 Å². The molecule has 0 amide bonds. The summed E-state index contributed by atoms with van der Waals surface area (Å²) in [6.07, 6.45) is 5.78. The third-order valence-electron chi connectivity index (χ3n) is 3.87. The van der Waals surface area contributed by atoms with Gasteiger partial charge in [-0.15, -0.1) is 0 Å². The van der Waals surface area contributed by atoms with Gasteiger partial charge in [-0.3, -0.25) is 0 Å². The molecule has 21 heavy (non-hydrogen) atoms. The summed E-state index contributed by atoms with van der Waals surface area (Å²) in [5.74, 6) is 1.85. The molecule has 2 aromatic rings. The molecule has 0 saturated heterocycles. The predicted molar refractivity (Wildman–Crippen MR) is 84.2 cm³/mol. The highest BCUT2D eigenvalue weighted by atomic mass is 16.6. The van der Waals surface area contributed by atoms with Crippen LogP contribution in [0.15, 0.2) is 60.0 Å². The Hall–Kier alpha value is -2.42. The van der Waals surface area contributed by atoms with Gasteiger partial charge in [0.05, 0.1) is 11.5 Å². The first-order valence-corrected chi connectivity index (χ1v) is 7.10. The summed E-state index contributed by atoms with van der Waals surface area (Å²) in [4.78, 5) is 0. The molecule has 0 N–H and O–H groups in total. The second kappa shape index (κ2) is 5.17. The number of hydrogen-bond donors (Lipinski definition) is 0. The van der Waals surface area contributed by atoms with Gasteiger partial charge in [-0.2, -0.15) is 0 Å². The lowest BCUT2D eigenvalue weighted by Gasteiger charge is -2.07. The molecule has 2 aliphatic rings. The molecule has 0 aromatic heterocycles. The van der Waals surface area contributed by atoms with Gasteiger partial charge in [-0.1, -0.05) is 48.5 Å². The summed E-state index contributed by atoms with van der Waals surface area (Å²) >= 11 is 0. The normalized spacial score (nSPS) is 14.9. The van der Waals surface area contributed by atoms with Crippen molar-refractivity contribution in [2.75, 3.05) is 0 Å². The lowest BCUT2D eigenvalue weighted by atomic mass is 10.1. The molecule has 2 nitrogen and oxygen atoms in total. The topological polar surface area (TPSA) is 18.5 Å². The maximum absolute atomic E-state index is 5.62. The molecule has 2 aromatic carbocycles. The minimum absolute atomic E-state index is 0.829. The zero-order valence-corrected chi connectivity index (χ0v) is 11.6. The van der Waals surface area contributed by atoms with Gasteiger partial charge in [0.25, 0.3) is 0 Å². The van der Waals surface area contributed by atoms with E-state index in [0.29, 0.717) is 0 Å². The highest BCUT2D eigenvalue weighted by molar-refractivity contribution is 6.19. The van der Waals surface area contributed by atoms with E-state index in [1.807, 2.05) is 12.1 Å². The van der Waals surface area contributed by atoms with E-state index >= 15 is 0 Å². The Labute approximate surface area is 125 Å². The lowest BCUT2D eigenvalue weighted by molar-refractivity contribution is 0.321. The molecule has 0 unspecified atom stereocenters. The van der Waals surface area contributed by atoms with E-state index in [0.717, 1.165) is 24.4 Å². The Morgan fingerprint density at radius 3 is 1.62 bits per heavy atom. The van der Waals surface area contributed by atoms with Crippen molar-refractivity contribution in [2.24, 2.45) is 0 Å². The van der Waals surface area contributed by atoms with E-state index in [9.17, 15) is 0 Å². The maximum Gasteiger partial charge on any atom is 0.657 e. The SMILES string of the molecule is [B](OC1=Cc2ccccc2C1)OC1=Cc2ccccc2C1. The Morgan fingerprint density at radius 2 is 1.14 bits per heavy atom. The van der Waals surface area contributed by atoms with E-state index < -0.39 is 0 Å². The van der Waals surface area contributed by atoms with E-state index in [-0.39, 0.29) is 0 Å². The van der Waals surface area contributed by atoms with Crippen molar-refractivity contribution in [3.8, 4) is 0 Å². The van der Waals surface area contributed by atoms with Crippen LogP contribution in [-0.2, 0) is 22.2 Å². The van der Waals surface area contributed by atoms with E-state index in [4.69, 9.17) is 9.31 Å². The average molecular weight is 273 g/mol. The molecule has 4 rings (SSSR count). The Kier molecular flexibility index (Phi) is 3.04. The Bertz CT molecular complexity index is 683. The summed E-state index contributed by atoms with van der Waals surface area (Å²) in [5.41, 5.74) is 5.06. The van der Waals surface area contributed by atoms with Gasteiger partial charge in [0, 0.05) is 12.8 Å². The zero-order chi connectivity index (χ0) is 14.1. The predicted octanol–water partition coefficient (Wildman–Crippen LogP) is 3.75. The quantitative estimate of drug-likeness (QED) is 0.790. The van der Waals surface area contributed by atoms with Crippen LogP contribution in [0.25, 0.3) is 12.2 Å². The molecule has 0 fully saturated rings. The van der Waals surface area contributed by atoms with Crippen LogP contribution in [0.3, 0.4) is 0 Å². The highest BCUT2D eigenvalue weighted by Gasteiger charge is 2.17. The first kappa shape index (κ1) is 12.3. The van der Waals surface area contributed by atoms with E-state index in [1.165, 1.54) is 29.9 Å². The van der Waals surface area contributed by atoms with Gasteiger partial charge in [-0.05, 0) is 34.4 Å². The van der Waals surface area contributed by atoms with Gasteiger partial charge >= 0.3 is 7.69 Å². The van der Waals surface area contributed by atoms with Crippen LogP contribution in [-0.4, -0.2) is 7.69 Å². The van der Waals surface area contributed by atoms with Crippen LogP contribution in [0.1, 0.15) is 22.3 Å². The van der Waals surface area contributed by atoms with Gasteiger partial charge in [-0.25, -0.2) is 0 Å². The van der Waals surface area contributed by atoms with Gasteiger partial charge in [0.15, 0.2) is 0 Å². The molecule has 0 spiro atoms. The number of rotatable bonds is 4. The molecule has 0 aliphatic heterocycles. The third-order valence-corrected chi connectivity index (χ3v) is 3.87. The molecule has 0 atom stereocenters. The standard InChI is InChI=1S/C18H14BO2/c1-2-6-14-10-17(9-13(14)5-1)20-19-21-18-11-15-7-3-4-8-16(15)12-18/h1-9,11H,10,12H2. The molecule has 2 aliphatic carbocycles. The maximum atomic E-state index is 5.62. The highest BCUT2D eigenvalue weighted by Crippen LogP contribution is 2.27. The third kappa shape index (κ3) is 2.47. The van der Waals surface area contributed by atoms with Crippen LogP contribution in [0.2, 0.25) is 0 Å². The van der Waals surface area contributed by atoms with Crippen LogP contribution >= 0.6 is 0 Å². The first-order chi connectivity index (χ1) is 10.4. The van der Waals surface area contributed by atoms with Crippen LogP contribution in [0, 0.1) is 0 Å². The second-order valence-electron chi connectivity index (χ2n) is 5.30. The monoisotopic (exact) mass is 273 g/mol. The van der Waals surface area contributed by atoms with Crippen molar-refractivity contribution in [1.29, 1.82) is 0 Å². The first-order valence-electron chi connectivity index (χ1n) is 7.10. The van der Waals surface area contributed by atoms with Gasteiger partial charge in [0.1, 0.15) is 0 Å². The van der Waals surface area contributed by atoms with Gasteiger partial charge < -0.3 is 9.31 Å². The molecule has 101 valence electrons. The van der Waals surface area contributed by atoms with Crippen LogP contribution in [0.4, 0.5) is 0 Å². The van der Waals surface area contributed by atoms with Crippen LogP contribution in [0.5, 0.6) is 0 Å². The summed E-state index contributed by atoms with van der Waals surface area (Å²) in [7, 11) is 1.44. The molecular weight excluding hydrogens is 259 g/mol. The van der Waals surface area contributed by atoms with Crippen molar-refractivity contribution in [1.82, 2.24) is 0 Å². The summed E-state index contributed by atoms with van der Waals surface area (Å²) in [6, 6.07) is 16.6. The fraction of sp³-hybridized carbons (Fsp3) is 0.111. The molecule has 0 heterocycles. The minimum atomic E-state index is 0.829. The van der Waals surface area contributed by atoms with Crippen molar-refractivity contribution in [2.45, 2.75) is 12.8 Å². The fourth-order valence-electron chi connectivity index (χ4n) is 2.80. The van der Waals surface area contributed by atoms with E-state index in [1.54, 1.807) is 0 Å². The molecule has 3 heteroatoms. The van der Waals surface area contributed by atoms with E-state index in [2.05, 4.69) is 48.6 Å². The zero-order valence-electron chi connectivity index (χ0n) is 11.6. The second-order valence-corrected chi connectivity index (χ2v) is 5.30. The summed E-state index contributed by atoms with van der Waals surface area (Å²) in [5, 5.41) is 0. The number of allylic oxidation sites excluding steroid dienone is 2. The number of benzene rings is 2. The number of fused-ring (bicyclic) bond motifs is 2. The Morgan fingerprint density at radius 1 is 0.667 bits per heavy atom. The van der Waals surface area contributed by atoms with Crippen molar-refractivity contribution in [3.63, 3.8) is 0 Å². The molecule has 0 bridgehead atoms. The Balaban J connectivity index is 1.33. The lowest BCUT2D eigenvalue weighted by Crippen LogP contribution is -2.04.